The molecule has 16 heavy (non-hydrogen) atoms. The Morgan fingerprint density at radius 2 is 2.25 bits per heavy atom. The summed E-state index contributed by atoms with van der Waals surface area (Å²) in [5.41, 5.74) is 0. The molecule has 0 saturated carbocycles. The van der Waals surface area contributed by atoms with E-state index in [1.54, 1.807) is 11.0 Å². The molecule has 0 aliphatic carbocycles. The lowest BCUT2D eigenvalue weighted by Gasteiger charge is -2.34. The topological polar surface area (TPSA) is 49.8 Å². The maximum Gasteiger partial charge on any atom is 0.409 e. The molecule has 0 aliphatic heterocycles. The summed E-state index contributed by atoms with van der Waals surface area (Å²) in [5, 5.41) is 8.93. The van der Waals surface area contributed by atoms with Gasteiger partial charge in [0.1, 0.15) is 0 Å². The van der Waals surface area contributed by atoms with E-state index in [0.717, 1.165) is 12.8 Å². The highest BCUT2D eigenvalue weighted by atomic mass is 16.5. The Bertz CT molecular complexity index is 218. The van der Waals surface area contributed by atoms with Gasteiger partial charge in [-0.05, 0) is 26.2 Å². The van der Waals surface area contributed by atoms with Crippen molar-refractivity contribution >= 4 is 6.09 Å². The highest BCUT2D eigenvalue weighted by molar-refractivity contribution is 5.68. The largest absolute Gasteiger partial charge is 0.453 e. The third-order valence-corrected chi connectivity index (χ3v) is 2.71. The number of aliphatic hydroxyl groups is 1. The standard InChI is InChI=1S/C12H23NO3/c1-5-7-11(6-2)13(12(15)16-4)10(3)8-9-14/h5,10-11,14H,1,6-9H2,2-4H3. The van der Waals surface area contributed by atoms with Crippen LogP contribution in [-0.4, -0.2) is 41.9 Å². The molecule has 0 aliphatic rings. The number of hydrogen-bond donors (Lipinski definition) is 1. The van der Waals surface area contributed by atoms with E-state index in [2.05, 4.69) is 6.58 Å². The number of hydrogen-bond acceptors (Lipinski definition) is 3. The zero-order valence-electron chi connectivity index (χ0n) is 10.5. The summed E-state index contributed by atoms with van der Waals surface area (Å²) in [6, 6.07) is 0.0637. The zero-order valence-corrected chi connectivity index (χ0v) is 10.5. The van der Waals surface area contributed by atoms with Crippen LogP contribution in [0.4, 0.5) is 4.79 Å². The van der Waals surface area contributed by atoms with Gasteiger partial charge in [0, 0.05) is 18.7 Å². The molecular weight excluding hydrogens is 206 g/mol. The Labute approximate surface area is 97.9 Å². The Kier molecular flexibility index (Phi) is 7.64. The van der Waals surface area contributed by atoms with Crippen LogP contribution in [0.2, 0.25) is 0 Å². The fourth-order valence-electron chi connectivity index (χ4n) is 1.79. The Hall–Kier alpha value is -1.03. The minimum Gasteiger partial charge on any atom is -0.453 e. The zero-order chi connectivity index (χ0) is 12.6. The minimum atomic E-state index is -0.338. The normalized spacial score (nSPS) is 14.0. The van der Waals surface area contributed by atoms with E-state index in [9.17, 15) is 4.79 Å². The van der Waals surface area contributed by atoms with Crippen molar-refractivity contribution in [3.63, 3.8) is 0 Å². The fourth-order valence-corrected chi connectivity index (χ4v) is 1.79. The van der Waals surface area contributed by atoms with E-state index in [-0.39, 0.29) is 24.8 Å². The molecule has 94 valence electrons. The van der Waals surface area contributed by atoms with E-state index < -0.39 is 0 Å². The van der Waals surface area contributed by atoms with Crippen LogP contribution >= 0.6 is 0 Å². The Morgan fingerprint density at radius 1 is 1.62 bits per heavy atom. The number of methoxy groups -OCH3 is 1. The van der Waals surface area contributed by atoms with Gasteiger partial charge < -0.3 is 14.7 Å². The van der Waals surface area contributed by atoms with Crippen molar-refractivity contribution in [2.45, 2.75) is 45.2 Å². The Morgan fingerprint density at radius 3 is 2.62 bits per heavy atom. The molecule has 0 aromatic rings. The predicted octanol–water partition coefficient (Wildman–Crippen LogP) is 2.18. The number of nitrogens with zero attached hydrogens (tertiary/aromatic N) is 1. The van der Waals surface area contributed by atoms with Crippen molar-refractivity contribution in [3.05, 3.63) is 12.7 Å². The molecule has 2 atom stereocenters. The van der Waals surface area contributed by atoms with Crippen molar-refractivity contribution in [1.29, 1.82) is 0 Å². The van der Waals surface area contributed by atoms with Crippen LogP contribution in [0.15, 0.2) is 12.7 Å². The maximum absolute atomic E-state index is 11.7. The van der Waals surface area contributed by atoms with Crippen molar-refractivity contribution in [1.82, 2.24) is 4.90 Å². The first-order valence-corrected chi connectivity index (χ1v) is 5.70. The van der Waals surface area contributed by atoms with Crippen molar-refractivity contribution in [2.75, 3.05) is 13.7 Å². The molecule has 0 fully saturated rings. The van der Waals surface area contributed by atoms with E-state index in [0.29, 0.717) is 6.42 Å². The van der Waals surface area contributed by atoms with Crippen LogP contribution in [0, 0.1) is 0 Å². The van der Waals surface area contributed by atoms with Gasteiger partial charge in [-0.1, -0.05) is 13.0 Å². The lowest BCUT2D eigenvalue weighted by Crippen LogP contribution is -2.46. The maximum atomic E-state index is 11.7. The molecule has 2 unspecified atom stereocenters. The summed E-state index contributed by atoms with van der Waals surface area (Å²) >= 11 is 0. The molecule has 1 amide bonds. The van der Waals surface area contributed by atoms with Crippen molar-refractivity contribution in [2.24, 2.45) is 0 Å². The van der Waals surface area contributed by atoms with Gasteiger partial charge in [-0.3, -0.25) is 0 Å². The van der Waals surface area contributed by atoms with Crippen LogP contribution in [0.1, 0.15) is 33.1 Å². The van der Waals surface area contributed by atoms with Gasteiger partial charge in [0.25, 0.3) is 0 Å². The molecule has 0 saturated heterocycles. The molecule has 0 heterocycles. The lowest BCUT2D eigenvalue weighted by atomic mass is 10.1. The molecule has 4 nitrogen and oxygen atoms in total. The minimum absolute atomic E-state index is 0.0256. The van der Waals surface area contributed by atoms with Gasteiger partial charge in [0.05, 0.1) is 7.11 Å². The first kappa shape index (κ1) is 15.0. The SMILES string of the molecule is C=CCC(CC)N(C(=O)OC)C(C)CCO. The molecule has 1 N–H and O–H groups in total. The van der Waals surface area contributed by atoms with E-state index in [1.165, 1.54) is 7.11 Å². The average molecular weight is 229 g/mol. The van der Waals surface area contributed by atoms with Gasteiger partial charge in [-0.25, -0.2) is 4.79 Å². The van der Waals surface area contributed by atoms with Crippen LogP contribution in [0.5, 0.6) is 0 Å². The molecular formula is C12H23NO3. The number of carbonyl (C=O) groups is 1. The number of aliphatic hydroxyl groups excluding tert-OH is 1. The van der Waals surface area contributed by atoms with Gasteiger partial charge >= 0.3 is 6.09 Å². The second kappa shape index (κ2) is 8.16. The second-order valence-electron chi connectivity index (χ2n) is 3.83. The Balaban J connectivity index is 4.74. The fraction of sp³-hybridized carbons (Fsp3) is 0.750. The molecule has 0 bridgehead atoms. The lowest BCUT2D eigenvalue weighted by molar-refractivity contribution is 0.0767. The third kappa shape index (κ3) is 4.23. The average Bonchev–Trinajstić information content (AvgIpc) is 2.28. The summed E-state index contributed by atoms with van der Waals surface area (Å²) in [6.45, 7) is 7.70. The predicted molar refractivity (Wildman–Crippen MR) is 64.3 cm³/mol. The van der Waals surface area contributed by atoms with E-state index >= 15 is 0 Å². The quantitative estimate of drug-likeness (QED) is 0.681. The molecule has 0 aromatic carbocycles. The smallest absolute Gasteiger partial charge is 0.409 e. The number of carbonyl (C=O) groups excluding carboxylic acids is 1. The second-order valence-corrected chi connectivity index (χ2v) is 3.83. The number of rotatable bonds is 7. The summed E-state index contributed by atoms with van der Waals surface area (Å²) in [7, 11) is 1.38. The van der Waals surface area contributed by atoms with Crippen molar-refractivity contribution < 1.29 is 14.6 Å². The van der Waals surface area contributed by atoms with Gasteiger partial charge in [-0.15, -0.1) is 6.58 Å². The summed E-state index contributed by atoms with van der Waals surface area (Å²) in [6.07, 6.45) is 3.60. The highest BCUT2D eigenvalue weighted by Crippen LogP contribution is 2.16. The van der Waals surface area contributed by atoms with Gasteiger partial charge in [-0.2, -0.15) is 0 Å². The summed E-state index contributed by atoms with van der Waals surface area (Å²) in [5.74, 6) is 0. The van der Waals surface area contributed by atoms with E-state index in [4.69, 9.17) is 9.84 Å². The highest BCUT2D eigenvalue weighted by Gasteiger charge is 2.26. The molecule has 0 radical (unpaired) electrons. The molecule has 4 heteroatoms. The van der Waals surface area contributed by atoms with Gasteiger partial charge in [0.15, 0.2) is 0 Å². The van der Waals surface area contributed by atoms with E-state index in [1.807, 2.05) is 13.8 Å². The van der Waals surface area contributed by atoms with Gasteiger partial charge in [0.2, 0.25) is 0 Å². The summed E-state index contributed by atoms with van der Waals surface area (Å²) in [4.78, 5) is 13.4. The molecule has 0 rings (SSSR count). The van der Waals surface area contributed by atoms with Crippen LogP contribution in [0.3, 0.4) is 0 Å². The number of amides is 1. The monoisotopic (exact) mass is 229 g/mol. The third-order valence-electron chi connectivity index (χ3n) is 2.71. The van der Waals surface area contributed by atoms with Crippen LogP contribution in [-0.2, 0) is 4.74 Å². The molecule has 0 aromatic heterocycles. The first-order valence-electron chi connectivity index (χ1n) is 5.70. The first-order chi connectivity index (χ1) is 7.62. The van der Waals surface area contributed by atoms with Crippen LogP contribution in [0.25, 0.3) is 0 Å². The van der Waals surface area contributed by atoms with Crippen LogP contribution < -0.4 is 0 Å². The van der Waals surface area contributed by atoms with Crippen molar-refractivity contribution in [3.8, 4) is 0 Å². The molecule has 0 spiro atoms. The number of ether oxygens (including phenoxy) is 1. The summed E-state index contributed by atoms with van der Waals surface area (Å²) < 4.78 is 4.78.